The Labute approximate surface area is 555 Å². The predicted octanol–water partition coefficient (Wildman–Crippen LogP) is -10.7. The van der Waals surface area contributed by atoms with Crippen molar-refractivity contribution >= 4 is 41.4 Å². The Balaban J connectivity index is 1.40. The fraction of sp³-hybridized carbons (Fsp3) is 0.877. The van der Waals surface area contributed by atoms with Crippen molar-refractivity contribution in [3.05, 3.63) is 0 Å². The molecule has 3 fully saturated rings. The van der Waals surface area contributed by atoms with Crippen LogP contribution in [0.5, 0.6) is 0 Å². The van der Waals surface area contributed by atoms with Crippen molar-refractivity contribution in [2.24, 2.45) is 5.73 Å². The van der Waals surface area contributed by atoms with Crippen molar-refractivity contribution < 1.29 is 151 Å². The van der Waals surface area contributed by atoms with Crippen molar-refractivity contribution in [3.63, 3.8) is 0 Å². The van der Waals surface area contributed by atoms with E-state index in [1.807, 2.05) is 0 Å². The van der Waals surface area contributed by atoms with Crippen LogP contribution >= 0.6 is 0 Å². The van der Waals surface area contributed by atoms with Gasteiger partial charge in [-0.15, -0.1) is 0 Å². The lowest BCUT2D eigenvalue weighted by atomic mass is 9.97. The van der Waals surface area contributed by atoms with Crippen LogP contribution in [0.2, 0.25) is 0 Å². The number of ether oxygens (including phenoxy) is 15. The lowest BCUT2D eigenvalue weighted by molar-refractivity contribution is -0.272. The highest BCUT2D eigenvalue weighted by Crippen LogP contribution is 2.25. The summed E-state index contributed by atoms with van der Waals surface area (Å²) in [5, 5.41) is 109. The number of carbonyl (C=O) groups is 7. The summed E-state index contributed by atoms with van der Waals surface area (Å²) < 4.78 is 84.0. The van der Waals surface area contributed by atoms with Crippen LogP contribution in [0.4, 0.5) is 0 Å². The monoisotopic (exact) mass is 1400 g/mol. The zero-order valence-corrected chi connectivity index (χ0v) is 54.7. The fourth-order valence-electron chi connectivity index (χ4n) is 9.40. The Kier molecular flexibility index (Phi) is 44.3. The van der Waals surface area contributed by atoms with E-state index in [1.165, 1.54) is 20.8 Å². The first kappa shape index (κ1) is 85.5. The molecule has 7 amide bonds. The van der Waals surface area contributed by atoms with Crippen LogP contribution in [-0.2, 0) is 105 Å². The van der Waals surface area contributed by atoms with Crippen LogP contribution in [0.3, 0.4) is 0 Å². The summed E-state index contributed by atoms with van der Waals surface area (Å²) in [5.41, 5.74) is 4.25. The van der Waals surface area contributed by atoms with E-state index < -0.39 is 147 Å². The number of aliphatic hydroxyl groups excluding tert-OH is 9. The minimum atomic E-state index is -1.46. The Morgan fingerprint density at radius 1 is 0.365 bits per heavy atom. The van der Waals surface area contributed by atoms with E-state index in [0.717, 1.165) is 0 Å². The van der Waals surface area contributed by atoms with Crippen LogP contribution in [0.1, 0.15) is 40.0 Å². The van der Waals surface area contributed by atoms with Gasteiger partial charge >= 0.3 is 0 Å². The molecule has 0 spiro atoms. The molecule has 3 aliphatic heterocycles. The van der Waals surface area contributed by atoms with E-state index in [0.29, 0.717) is 0 Å². The number of aliphatic hydroxyl groups is 9. The molecule has 0 bridgehead atoms. The first-order chi connectivity index (χ1) is 46.1. The molecule has 0 aliphatic carbocycles. The quantitative estimate of drug-likeness (QED) is 0.0252. The molecule has 0 radical (unpaired) electrons. The van der Waals surface area contributed by atoms with E-state index in [-0.39, 0.29) is 195 Å². The van der Waals surface area contributed by atoms with Crippen molar-refractivity contribution in [1.82, 2.24) is 37.2 Å². The van der Waals surface area contributed by atoms with Crippen molar-refractivity contribution in [2.75, 3.05) is 185 Å². The van der Waals surface area contributed by atoms with Crippen LogP contribution < -0.4 is 43.0 Å². The summed E-state index contributed by atoms with van der Waals surface area (Å²) in [6.45, 7) is 2.11. The molecule has 558 valence electrons. The van der Waals surface area contributed by atoms with Crippen molar-refractivity contribution in [2.45, 2.75) is 138 Å². The highest BCUT2D eigenvalue weighted by atomic mass is 16.7. The van der Waals surface area contributed by atoms with Gasteiger partial charge in [0.05, 0.1) is 165 Å². The Bertz CT molecular complexity index is 1970. The van der Waals surface area contributed by atoms with Crippen molar-refractivity contribution in [1.29, 1.82) is 0 Å². The Morgan fingerprint density at radius 2 is 0.625 bits per heavy atom. The van der Waals surface area contributed by atoms with Crippen LogP contribution in [-0.4, -0.2) is 370 Å². The van der Waals surface area contributed by atoms with Gasteiger partial charge in [-0.3, -0.25) is 33.6 Å². The highest BCUT2D eigenvalue weighted by Gasteiger charge is 2.48. The second kappa shape index (κ2) is 49.7. The SMILES string of the molecule is CC(=O)N[C@H]1[C@H](OCCOCCOCCNC(=O)CCOCC(COCCC(=O)NCCOCCOCCOC2O[C@H](CO)[C@H](O)[C@H](O)[C@H]2NC(C)=O)(COCCC(=O)NCCOCCOCCO[C@@H]2O[C@H](CO)[C@H](O)[C@H](O)[C@H]2NC(C)=O)NC(=O)CN)O[C@H](CO)[C@H](O)[C@@H]1O. The average Bonchev–Trinajstić information content (AvgIpc) is 0.872. The van der Waals surface area contributed by atoms with Gasteiger partial charge in [-0.25, -0.2) is 0 Å². The van der Waals surface area contributed by atoms with Crippen LogP contribution in [0.15, 0.2) is 0 Å². The molecule has 96 heavy (non-hydrogen) atoms. The van der Waals surface area contributed by atoms with Crippen molar-refractivity contribution in [3.8, 4) is 0 Å². The maximum absolute atomic E-state index is 12.9. The maximum atomic E-state index is 12.9. The molecule has 18 N–H and O–H groups in total. The molecular formula is C57H104N8O31. The summed E-state index contributed by atoms with van der Waals surface area (Å²) in [6.07, 6.45) is -16.0. The third kappa shape index (κ3) is 33.9. The summed E-state index contributed by atoms with van der Waals surface area (Å²) in [4.78, 5) is 86.0. The average molecular weight is 1400 g/mol. The fourth-order valence-corrected chi connectivity index (χ4v) is 9.40. The van der Waals surface area contributed by atoms with Gasteiger partial charge in [0.15, 0.2) is 18.9 Å². The minimum Gasteiger partial charge on any atom is -0.394 e. The maximum Gasteiger partial charge on any atom is 0.234 e. The number of carbonyl (C=O) groups excluding carboxylic acids is 7. The molecule has 3 rings (SSSR count). The largest absolute Gasteiger partial charge is 0.394 e. The lowest BCUT2D eigenvalue weighted by Gasteiger charge is -2.42. The van der Waals surface area contributed by atoms with Gasteiger partial charge in [0, 0.05) is 59.7 Å². The lowest BCUT2D eigenvalue weighted by Crippen LogP contribution is -2.64. The summed E-state index contributed by atoms with van der Waals surface area (Å²) in [7, 11) is 0. The highest BCUT2D eigenvalue weighted by molar-refractivity contribution is 5.79. The van der Waals surface area contributed by atoms with Gasteiger partial charge < -0.3 is 160 Å². The smallest absolute Gasteiger partial charge is 0.234 e. The standard InChI is InChI=1S/C57H104N8O31/c1-35(69)62-45-51(79)48(76)38(29-66)94-54(45)91-25-22-85-19-16-82-13-7-59-41(72)4-10-88-32-57(65-44(75)28-58,33-89-11-5-42(73)60-8-14-83-17-20-86-23-26-92-55-46(63-36(2)70)52(80)49(77)39(30-67)95-55)34-90-12-6-43(74)61-9-15-84-18-21-87-24-27-93-56-47(64-37(3)71)53(81)50(78)40(31-68)96-56/h38-40,45-56,66-68,76-81H,4-34,58H2,1-3H3,(H,59,72)(H,60,73)(H,61,74)(H,62,69)(H,63,70)(H,64,71)(H,65,75)/t38-,39-,40-,45-,46-,47-,48+,49+,50+,51-,52-,53-,54-,55-,56?/m1/s1. The van der Waals surface area contributed by atoms with Crippen LogP contribution in [0.25, 0.3) is 0 Å². The minimum absolute atomic E-state index is 0.0280. The number of hydrogen-bond donors (Lipinski definition) is 17. The molecule has 3 saturated heterocycles. The number of amides is 7. The van der Waals surface area contributed by atoms with E-state index >= 15 is 0 Å². The molecule has 0 aromatic rings. The zero-order chi connectivity index (χ0) is 70.7. The molecule has 39 nitrogen and oxygen atoms in total. The molecule has 0 aromatic heterocycles. The number of nitrogens with one attached hydrogen (secondary N) is 7. The Hall–Kier alpha value is -4.71. The number of nitrogens with two attached hydrogens (primary N) is 1. The summed E-state index contributed by atoms with van der Waals surface area (Å²) in [5.74, 6) is -3.26. The normalized spacial score (nSPS) is 25.9. The number of hydrogen-bond acceptors (Lipinski definition) is 32. The molecular weight excluding hydrogens is 1290 g/mol. The summed E-state index contributed by atoms with van der Waals surface area (Å²) >= 11 is 0. The molecule has 0 saturated carbocycles. The van der Waals surface area contributed by atoms with Gasteiger partial charge in [-0.2, -0.15) is 0 Å². The molecule has 0 aromatic carbocycles. The van der Waals surface area contributed by atoms with E-state index in [2.05, 4.69) is 37.2 Å². The molecule has 39 heteroatoms. The third-order valence-electron chi connectivity index (χ3n) is 14.2. The van der Waals surface area contributed by atoms with E-state index in [4.69, 9.17) is 76.8 Å². The topological polar surface area (TPSA) is 550 Å². The van der Waals surface area contributed by atoms with Crippen LogP contribution in [0, 0.1) is 0 Å². The van der Waals surface area contributed by atoms with E-state index in [9.17, 15) is 79.5 Å². The molecule has 1 unspecified atom stereocenters. The molecule has 15 atom stereocenters. The van der Waals surface area contributed by atoms with Gasteiger partial charge in [0.2, 0.25) is 41.4 Å². The third-order valence-corrected chi connectivity index (χ3v) is 14.2. The zero-order valence-electron chi connectivity index (χ0n) is 54.7. The first-order valence-corrected chi connectivity index (χ1v) is 31.6. The predicted molar refractivity (Wildman–Crippen MR) is 324 cm³/mol. The van der Waals surface area contributed by atoms with Gasteiger partial charge in [0.1, 0.15) is 78.6 Å². The molecule has 3 heterocycles. The Morgan fingerprint density at radius 3 is 0.875 bits per heavy atom. The first-order valence-electron chi connectivity index (χ1n) is 31.6. The molecule has 3 aliphatic rings. The van der Waals surface area contributed by atoms with Gasteiger partial charge in [-0.05, 0) is 0 Å². The summed E-state index contributed by atoms with van der Waals surface area (Å²) in [6, 6.07) is -3.28. The van der Waals surface area contributed by atoms with E-state index in [1.54, 1.807) is 0 Å². The number of rotatable bonds is 53. The second-order valence-electron chi connectivity index (χ2n) is 22.1. The van der Waals surface area contributed by atoms with Gasteiger partial charge in [0.25, 0.3) is 0 Å². The second-order valence-corrected chi connectivity index (χ2v) is 22.1. The van der Waals surface area contributed by atoms with Gasteiger partial charge in [-0.1, -0.05) is 0 Å².